The van der Waals surface area contributed by atoms with Crippen LogP contribution in [0.4, 0.5) is 4.39 Å². The third kappa shape index (κ3) is 2.29. The van der Waals surface area contributed by atoms with E-state index in [0.717, 1.165) is 12.8 Å². The molecule has 1 aliphatic rings. The van der Waals surface area contributed by atoms with Crippen molar-refractivity contribution >= 4 is 21.9 Å². The summed E-state index contributed by atoms with van der Waals surface area (Å²) in [5.41, 5.74) is 0.261. The van der Waals surface area contributed by atoms with Gasteiger partial charge < -0.3 is 9.84 Å². The van der Waals surface area contributed by atoms with Gasteiger partial charge in [-0.3, -0.25) is 4.79 Å². The summed E-state index contributed by atoms with van der Waals surface area (Å²) in [4.78, 5) is 10.8. The fraction of sp³-hybridized carbons (Fsp3) is 0.417. The van der Waals surface area contributed by atoms with Gasteiger partial charge >= 0.3 is 5.97 Å². The second kappa shape index (κ2) is 4.29. The van der Waals surface area contributed by atoms with Crippen molar-refractivity contribution in [2.45, 2.75) is 24.7 Å². The lowest BCUT2D eigenvalue weighted by atomic mass is 9.92. The van der Waals surface area contributed by atoms with E-state index < -0.39 is 17.2 Å². The van der Waals surface area contributed by atoms with Crippen molar-refractivity contribution in [1.29, 1.82) is 0 Å². The van der Waals surface area contributed by atoms with Crippen molar-refractivity contribution in [2.75, 3.05) is 7.11 Å². The molecule has 0 unspecified atom stereocenters. The maximum Gasteiger partial charge on any atom is 0.304 e. The molecule has 1 fully saturated rings. The number of hydrogen-bond acceptors (Lipinski definition) is 2. The van der Waals surface area contributed by atoms with Gasteiger partial charge in [-0.25, -0.2) is 4.39 Å². The molecule has 1 saturated carbocycles. The summed E-state index contributed by atoms with van der Waals surface area (Å²) >= 11 is 3.36. The lowest BCUT2D eigenvalue weighted by Crippen LogP contribution is -2.14. The summed E-state index contributed by atoms with van der Waals surface area (Å²) in [5.74, 6) is -0.869. The van der Waals surface area contributed by atoms with Crippen molar-refractivity contribution in [2.24, 2.45) is 0 Å². The van der Waals surface area contributed by atoms with E-state index in [1.807, 2.05) is 0 Å². The Balaban J connectivity index is 2.45. The third-order valence-corrected chi connectivity index (χ3v) is 3.96. The van der Waals surface area contributed by atoms with Crippen molar-refractivity contribution < 1.29 is 19.0 Å². The summed E-state index contributed by atoms with van der Waals surface area (Å²) in [6, 6.07) is 2.67. The van der Waals surface area contributed by atoms with Gasteiger partial charge in [-0.1, -0.05) is 0 Å². The Morgan fingerprint density at radius 2 is 2.24 bits per heavy atom. The molecule has 1 N–H and O–H groups in total. The summed E-state index contributed by atoms with van der Waals surface area (Å²) in [6.07, 6.45) is 1.56. The number of benzene rings is 1. The van der Waals surface area contributed by atoms with Crippen LogP contribution in [0, 0.1) is 5.82 Å². The summed E-state index contributed by atoms with van der Waals surface area (Å²) in [7, 11) is 1.46. The van der Waals surface area contributed by atoms with E-state index in [0.29, 0.717) is 15.8 Å². The first-order chi connectivity index (χ1) is 7.98. The SMILES string of the molecule is COc1cc(F)cc(C2(CC(=O)O)CC2)c1Br. The van der Waals surface area contributed by atoms with Gasteiger partial charge in [-0.15, -0.1) is 0 Å². The van der Waals surface area contributed by atoms with Crippen LogP contribution in [0.1, 0.15) is 24.8 Å². The smallest absolute Gasteiger partial charge is 0.304 e. The minimum atomic E-state index is -0.863. The fourth-order valence-electron chi connectivity index (χ4n) is 2.08. The van der Waals surface area contributed by atoms with Crippen LogP contribution in [0.2, 0.25) is 0 Å². The van der Waals surface area contributed by atoms with Crippen LogP contribution >= 0.6 is 15.9 Å². The zero-order valence-electron chi connectivity index (χ0n) is 9.30. The third-order valence-electron chi connectivity index (χ3n) is 3.14. The van der Waals surface area contributed by atoms with Gasteiger partial charge in [0.1, 0.15) is 11.6 Å². The number of carboxylic acid groups (broad SMARTS) is 1. The van der Waals surface area contributed by atoms with Gasteiger partial charge in [0.25, 0.3) is 0 Å². The molecule has 0 aliphatic heterocycles. The predicted octanol–water partition coefficient (Wildman–Crippen LogP) is 3.10. The minimum Gasteiger partial charge on any atom is -0.495 e. The molecule has 1 aromatic carbocycles. The standard InChI is InChI=1S/C12H12BrFO3/c1-17-9-5-7(14)4-8(11(9)13)12(2-3-12)6-10(15)16/h4-5H,2-3,6H2,1H3,(H,15,16). The van der Waals surface area contributed by atoms with Crippen LogP contribution in [0.25, 0.3) is 0 Å². The van der Waals surface area contributed by atoms with Gasteiger partial charge in [0.2, 0.25) is 0 Å². The zero-order chi connectivity index (χ0) is 12.6. The number of halogens is 2. The maximum atomic E-state index is 13.4. The van der Waals surface area contributed by atoms with Crippen LogP contribution in [-0.4, -0.2) is 18.2 Å². The highest BCUT2D eigenvalue weighted by Gasteiger charge is 2.47. The molecule has 1 aromatic rings. The Morgan fingerprint density at radius 1 is 1.59 bits per heavy atom. The minimum absolute atomic E-state index is 0.0260. The Morgan fingerprint density at radius 3 is 2.71 bits per heavy atom. The number of rotatable bonds is 4. The molecule has 2 rings (SSSR count). The average molecular weight is 303 g/mol. The number of carbonyl (C=O) groups is 1. The van der Waals surface area contributed by atoms with Gasteiger partial charge in [0.15, 0.2) is 0 Å². The van der Waals surface area contributed by atoms with E-state index in [-0.39, 0.29) is 6.42 Å². The molecule has 0 bridgehead atoms. The van der Waals surface area contributed by atoms with Crippen LogP contribution in [0.3, 0.4) is 0 Å². The number of carboxylic acids is 1. The molecule has 1 aliphatic carbocycles. The first kappa shape index (κ1) is 12.4. The second-order valence-corrected chi connectivity index (χ2v) is 5.11. The van der Waals surface area contributed by atoms with Gasteiger partial charge in [0.05, 0.1) is 18.0 Å². The van der Waals surface area contributed by atoms with E-state index >= 15 is 0 Å². The molecule has 3 nitrogen and oxygen atoms in total. The van der Waals surface area contributed by atoms with Crippen LogP contribution in [0.5, 0.6) is 5.75 Å². The molecule has 0 spiro atoms. The first-order valence-corrected chi connectivity index (χ1v) is 6.03. The highest BCUT2D eigenvalue weighted by Crippen LogP contribution is 2.54. The molecule has 0 aromatic heterocycles. The van der Waals surface area contributed by atoms with E-state index in [9.17, 15) is 9.18 Å². The van der Waals surface area contributed by atoms with E-state index in [4.69, 9.17) is 9.84 Å². The Hall–Kier alpha value is -1.10. The molecule has 0 saturated heterocycles. The molecule has 0 amide bonds. The number of methoxy groups -OCH3 is 1. The summed E-state index contributed by atoms with van der Waals surface area (Å²) in [5, 5.41) is 8.90. The molecule has 17 heavy (non-hydrogen) atoms. The monoisotopic (exact) mass is 302 g/mol. The largest absolute Gasteiger partial charge is 0.495 e. The van der Waals surface area contributed by atoms with Crippen molar-refractivity contribution in [3.05, 3.63) is 28.0 Å². The topological polar surface area (TPSA) is 46.5 Å². The van der Waals surface area contributed by atoms with Crippen molar-refractivity contribution in [3.8, 4) is 5.75 Å². The normalized spacial score (nSPS) is 16.6. The van der Waals surface area contributed by atoms with Crippen LogP contribution in [0.15, 0.2) is 16.6 Å². The Bertz CT molecular complexity index is 469. The number of ether oxygens (including phenoxy) is 1. The van der Waals surface area contributed by atoms with Crippen molar-refractivity contribution in [3.63, 3.8) is 0 Å². The molecule has 0 radical (unpaired) electrons. The average Bonchev–Trinajstić information content (AvgIpc) is 3.00. The molecule has 0 atom stereocenters. The number of hydrogen-bond donors (Lipinski definition) is 1. The van der Waals surface area contributed by atoms with E-state index in [1.54, 1.807) is 0 Å². The molecular formula is C12H12BrFO3. The molecule has 5 heteroatoms. The fourth-order valence-corrected chi connectivity index (χ4v) is 2.89. The highest BCUT2D eigenvalue weighted by atomic mass is 79.9. The first-order valence-electron chi connectivity index (χ1n) is 5.24. The quantitative estimate of drug-likeness (QED) is 0.929. The van der Waals surface area contributed by atoms with E-state index in [1.165, 1.54) is 19.2 Å². The van der Waals surface area contributed by atoms with Crippen LogP contribution in [-0.2, 0) is 10.2 Å². The molecule has 92 valence electrons. The Kier molecular flexibility index (Phi) is 3.12. The summed E-state index contributed by atoms with van der Waals surface area (Å²) in [6.45, 7) is 0. The second-order valence-electron chi connectivity index (χ2n) is 4.32. The van der Waals surface area contributed by atoms with Crippen LogP contribution < -0.4 is 4.74 Å². The lowest BCUT2D eigenvalue weighted by Gasteiger charge is -2.17. The van der Waals surface area contributed by atoms with E-state index in [2.05, 4.69) is 15.9 Å². The van der Waals surface area contributed by atoms with Crippen molar-refractivity contribution in [1.82, 2.24) is 0 Å². The number of aliphatic carboxylic acids is 1. The predicted molar refractivity (Wildman–Crippen MR) is 63.8 cm³/mol. The lowest BCUT2D eigenvalue weighted by molar-refractivity contribution is -0.137. The Labute approximate surface area is 107 Å². The van der Waals surface area contributed by atoms with Gasteiger partial charge in [-0.2, -0.15) is 0 Å². The van der Waals surface area contributed by atoms with Gasteiger partial charge in [-0.05, 0) is 40.4 Å². The molecule has 0 heterocycles. The van der Waals surface area contributed by atoms with Gasteiger partial charge in [0, 0.05) is 11.5 Å². The molecular weight excluding hydrogens is 291 g/mol. The maximum absolute atomic E-state index is 13.4. The summed E-state index contributed by atoms with van der Waals surface area (Å²) < 4.78 is 19.2. The zero-order valence-corrected chi connectivity index (χ0v) is 10.9. The highest BCUT2D eigenvalue weighted by molar-refractivity contribution is 9.10.